The average molecular weight is 597 g/mol. The van der Waals surface area contributed by atoms with E-state index in [1.54, 1.807) is 0 Å². The Morgan fingerprint density at radius 2 is 1.71 bits per heavy atom. The first-order chi connectivity index (χ1) is 18.8. The first-order valence-electron chi connectivity index (χ1n) is 15.4. The highest BCUT2D eigenvalue weighted by Gasteiger charge is 2.67. The van der Waals surface area contributed by atoms with Gasteiger partial charge < -0.3 is 14.9 Å². The van der Waals surface area contributed by atoms with Gasteiger partial charge in [0.2, 0.25) is 0 Å². The Hall–Kier alpha value is -1.26. The number of aliphatic hydroxyl groups excluding tert-OH is 2. The van der Waals surface area contributed by atoms with Crippen LogP contribution in [0, 0.1) is 45.8 Å². The Labute approximate surface area is 246 Å². The molecule has 10 unspecified atom stereocenters. The Balaban J connectivity index is 1.76. The van der Waals surface area contributed by atoms with E-state index in [-0.39, 0.29) is 24.2 Å². The molecule has 4 aliphatic carbocycles. The minimum atomic E-state index is -4.78. The molecule has 0 aromatic rings. The van der Waals surface area contributed by atoms with E-state index >= 15 is 0 Å². The second-order valence-corrected chi connectivity index (χ2v) is 15.9. The van der Waals surface area contributed by atoms with Crippen molar-refractivity contribution >= 4 is 16.4 Å². The van der Waals surface area contributed by atoms with Crippen LogP contribution in [0.1, 0.15) is 100 Å². The molecule has 2 fully saturated rings. The molecule has 0 aromatic heterocycles. The maximum Gasteiger partial charge on any atom is 0.397 e. The predicted octanol–water partition coefficient (Wildman–Crippen LogP) is 5.65. The Bertz CT molecular complexity index is 1190. The van der Waals surface area contributed by atoms with Gasteiger partial charge in [-0.3, -0.25) is 9.35 Å². The molecule has 4 rings (SSSR count). The lowest BCUT2D eigenvalue weighted by Gasteiger charge is -2.63. The van der Waals surface area contributed by atoms with Gasteiger partial charge in [-0.15, -0.1) is 0 Å². The molecule has 9 heteroatoms. The molecule has 3 N–H and O–H groups in total. The summed E-state index contributed by atoms with van der Waals surface area (Å²) in [5, 5.41) is 23.5. The highest BCUT2D eigenvalue weighted by molar-refractivity contribution is 7.80. The van der Waals surface area contributed by atoms with Crippen molar-refractivity contribution in [3.63, 3.8) is 0 Å². The van der Waals surface area contributed by atoms with Gasteiger partial charge >= 0.3 is 16.4 Å². The van der Waals surface area contributed by atoms with Gasteiger partial charge in [0.05, 0.1) is 6.10 Å². The summed E-state index contributed by atoms with van der Waals surface area (Å²) >= 11 is 0. The third-order valence-corrected chi connectivity index (χ3v) is 12.4. The molecule has 10 atom stereocenters. The van der Waals surface area contributed by atoms with Crippen LogP contribution in [-0.2, 0) is 24.1 Å². The molecule has 0 heterocycles. The lowest BCUT2D eigenvalue weighted by atomic mass is 9.44. The van der Waals surface area contributed by atoms with E-state index < -0.39 is 57.0 Å². The van der Waals surface area contributed by atoms with E-state index in [4.69, 9.17) is 8.92 Å². The van der Waals surface area contributed by atoms with Crippen LogP contribution in [0.2, 0.25) is 0 Å². The van der Waals surface area contributed by atoms with Gasteiger partial charge in [0.25, 0.3) is 0 Å². The van der Waals surface area contributed by atoms with Crippen LogP contribution in [0.3, 0.4) is 0 Å². The fourth-order valence-electron chi connectivity index (χ4n) is 10.0. The fraction of sp³-hybridized carbons (Fsp3) is 0.844. The van der Waals surface area contributed by atoms with E-state index in [9.17, 15) is 28.0 Å². The molecule has 0 aliphatic heterocycles. The molecule has 0 aromatic carbocycles. The molecule has 0 spiro atoms. The number of carbonyl (C=O) groups is 1. The summed E-state index contributed by atoms with van der Waals surface area (Å²) in [6.07, 6.45) is 1.46. The van der Waals surface area contributed by atoms with E-state index in [0.717, 1.165) is 44.1 Å². The third kappa shape index (κ3) is 5.47. The molecule has 0 amide bonds. The van der Waals surface area contributed by atoms with Crippen LogP contribution in [0.5, 0.6) is 0 Å². The van der Waals surface area contributed by atoms with E-state index in [1.165, 1.54) is 18.1 Å². The van der Waals surface area contributed by atoms with Gasteiger partial charge in [-0.1, -0.05) is 66.2 Å². The number of carbonyl (C=O) groups excluding carboxylic acids is 1. The average Bonchev–Trinajstić information content (AvgIpc) is 3.19. The highest BCUT2D eigenvalue weighted by atomic mass is 32.3. The maximum atomic E-state index is 12.5. The summed E-state index contributed by atoms with van der Waals surface area (Å²) in [6.45, 7) is 20.2. The van der Waals surface area contributed by atoms with Gasteiger partial charge in [-0.25, -0.2) is 4.18 Å². The number of esters is 1. The van der Waals surface area contributed by atoms with Gasteiger partial charge in [0, 0.05) is 12.3 Å². The monoisotopic (exact) mass is 596 g/mol. The van der Waals surface area contributed by atoms with Crippen molar-refractivity contribution in [1.82, 2.24) is 0 Å². The van der Waals surface area contributed by atoms with Crippen LogP contribution in [0.25, 0.3) is 0 Å². The standard InChI is InChI=1S/C32H52O8S/c1-17(2)18(3)10-11-19(4)22-13-14-23-21-12-15-25-30(6,7)28(40-41(36,37)38)24(34)16-31(25,8)26(21)27(35)29(32(22,23)9)39-20(5)33/h17,19,22-25,27-29,34-35H,3,10-16H2,1-2,4-9H3,(H,36,37,38). The van der Waals surface area contributed by atoms with Crippen molar-refractivity contribution in [1.29, 1.82) is 0 Å². The summed E-state index contributed by atoms with van der Waals surface area (Å²) in [5.41, 5.74) is 1.37. The van der Waals surface area contributed by atoms with Gasteiger partial charge in [0.15, 0.2) is 0 Å². The van der Waals surface area contributed by atoms with Crippen molar-refractivity contribution in [2.75, 3.05) is 0 Å². The van der Waals surface area contributed by atoms with Gasteiger partial charge in [-0.05, 0) is 90.9 Å². The van der Waals surface area contributed by atoms with Gasteiger partial charge in [0.1, 0.15) is 18.3 Å². The Kier molecular flexibility index (Phi) is 8.78. The van der Waals surface area contributed by atoms with E-state index in [2.05, 4.69) is 34.3 Å². The largest absolute Gasteiger partial charge is 0.459 e. The second kappa shape index (κ2) is 11.0. The fourth-order valence-corrected chi connectivity index (χ4v) is 10.7. The minimum absolute atomic E-state index is 0.135. The highest BCUT2D eigenvalue weighted by Crippen LogP contribution is 2.68. The zero-order valence-electron chi connectivity index (χ0n) is 26.1. The van der Waals surface area contributed by atoms with Crippen molar-refractivity contribution in [3.8, 4) is 0 Å². The number of aliphatic hydroxyl groups is 2. The summed E-state index contributed by atoms with van der Waals surface area (Å²) in [5.74, 6) is 0.615. The summed E-state index contributed by atoms with van der Waals surface area (Å²) < 4.78 is 43.9. The number of ether oxygens (including phenoxy) is 1. The molecule has 234 valence electrons. The number of allylic oxidation sites excluding steroid dienone is 2. The summed E-state index contributed by atoms with van der Waals surface area (Å²) in [7, 11) is -4.78. The first kappa shape index (κ1) is 32.6. The number of fused-ring (bicyclic) bond motifs is 4. The molecule has 0 bridgehead atoms. The third-order valence-electron chi connectivity index (χ3n) is 11.9. The summed E-state index contributed by atoms with van der Waals surface area (Å²) in [4.78, 5) is 12.5. The first-order valence-corrected chi connectivity index (χ1v) is 16.7. The lowest BCUT2D eigenvalue weighted by Crippen LogP contribution is -2.64. The SMILES string of the molecule is C=C(CCC(C)C1CCC2C3=C(C(O)C(OC(C)=O)C21C)C1(C)CC(O)C(OS(=O)(=O)O)C(C)(C)C1CC3)C(C)C. The van der Waals surface area contributed by atoms with Crippen LogP contribution in [0.4, 0.5) is 0 Å². The van der Waals surface area contributed by atoms with Crippen molar-refractivity contribution in [2.45, 2.75) is 125 Å². The van der Waals surface area contributed by atoms with Crippen LogP contribution in [-0.4, -0.2) is 53.6 Å². The van der Waals surface area contributed by atoms with Crippen LogP contribution < -0.4 is 0 Å². The van der Waals surface area contributed by atoms with E-state index in [1.807, 2.05) is 20.8 Å². The number of hydrogen-bond donors (Lipinski definition) is 3. The predicted molar refractivity (Wildman–Crippen MR) is 157 cm³/mol. The zero-order chi connectivity index (χ0) is 30.9. The van der Waals surface area contributed by atoms with Crippen molar-refractivity contribution in [3.05, 3.63) is 23.3 Å². The lowest BCUT2D eigenvalue weighted by molar-refractivity contribution is -0.183. The number of hydrogen-bond acceptors (Lipinski definition) is 7. The normalized spacial score (nSPS) is 40.9. The quantitative estimate of drug-likeness (QED) is 0.186. The molecule has 41 heavy (non-hydrogen) atoms. The molecule has 0 radical (unpaired) electrons. The molecule has 0 saturated heterocycles. The van der Waals surface area contributed by atoms with Crippen LogP contribution >= 0.6 is 0 Å². The maximum absolute atomic E-state index is 12.5. The molecule has 2 saturated carbocycles. The van der Waals surface area contributed by atoms with E-state index in [0.29, 0.717) is 11.8 Å². The molecule has 8 nitrogen and oxygen atoms in total. The minimum Gasteiger partial charge on any atom is -0.459 e. The van der Waals surface area contributed by atoms with Crippen molar-refractivity contribution in [2.24, 2.45) is 45.8 Å². The Morgan fingerprint density at radius 1 is 1.07 bits per heavy atom. The zero-order valence-corrected chi connectivity index (χ0v) is 27.0. The summed E-state index contributed by atoms with van der Waals surface area (Å²) in [6, 6.07) is 0. The van der Waals surface area contributed by atoms with Gasteiger partial charge in [-0.2, -0.15) is 8.42 Å². The smallest absolute Gasteiger partial charge is 0.397 e. The second-order valence-electron chi connectivity index (χ2n) is 14.9. The topological polar surface area (TPSA) is 130 Å². The number of rotatable bonds is 8. The molecular weight excluding hydrogens is 544 g/mol. The Morgan fingerprint density at radius 3 is 2.27 bits per heavy atom. The molecular formula is C32H52O8S. The molecule has 4 aliphatic rings. The van der Waals surface area contributed by atoms with Crippen molar-refractivity contribution < 1.29 is 36.9 Å². The van der Waals surface area contributed by atoms with Crippen LogP contribution in [0.15, 0.2) is 23.3 Å².